The smallest absolute Gasteiger partial charge is 0.167 e. The van der Waals surface area contributed by atoms with Gasteiger partial charge < -0.3 is 0 Å². The SMILES string of the molecule is CCCN=P(N(CC)CC)(N(CC)CC)N(CC)CC. The van der Waals surface area contributed by atoms with E-state index in [1.54, 1.807) is 0 Å². The second-order valence-electron chi connectivity index (χ2n) is 4.82. The summed E-state index contributed by atoms with van der Waals surface area (Å²) in [4.78, 5) is 0. The van der Waals surface area contributed by atoms with E-state index in [4.69, 9.17) is 4.74 Å². The summed E-state index contributed by atoms with van der Waals surface area (Å²) in [5.41, 5.74) is 0. The molecule has 4 nitrogen and oxygen atoms in total. The van der Waals surface area contributed by atoms with Crippen LogP contribution in [0.15, 0.2) is 4.74 Å². The van der Waals surface area contributed by atoms with Crippen molar-refractivity contribution in [3.8, 4) is 0 Å². The van der Waals surface area contributed by atoms with Crippen molar-refractivity contribution in [2.45, 2.75) is 54.9 Å². The lowest BCUT2D eigenvalue weighted by Crippen LogP contribution is -2.41. The fourth-order valence-electron chi connectivity index (χ4n) is 2.85. The molecule has 0 saturated heterocycles. The van der Waals surface area contributed by atoms with Gasteiger partial charge in [-0.3, -0.25) is 4.74 Å². The first-order valence-corrected chi connectivity index (χ1v) is 10.1. The predicted molar refractivity (Wildman–Crippen MR) is 93.3 cm³/mol. The average Bonchev–Trinajstić information content (AvgIpc) is 2.48. The average molecular weight is 304 g/mol. The van der Waals surface area contributed by atoms with Crippen molar-refractivity contribution in [2.75, 3.05) is 45.8 Å². The van der Waals surface area contributed by atoms with Crippen LogP contribution in [0.1, 0.15) is 54.9 Å². The molecule has 0 aliphatic heterocycles. The van der Waals surface area contributed by atoms with Crippen molar-refractivity contribution >= 4 is 7.51 Å². The van der Waals surface area contributed by atoms with Gasteiger partial charge in [-0.1, -0.05) is 48.5 Å². The number of hydrogen-bond acceptors (Lipinski definition) is 1. The first-order valence-electron chi connectivity index (χ1n) is 8.46. The van der Waals surface area contributed by atoms with Crippen LogP contribution >= 0.6 is 7.51 Å². The Morgan fingerprint density at radius 3 is 1.10 bits per heavy atom. The number of hydrogen-bond donors (Lipinski definition) is 0. The van der Waals surface area contributed by atoms with E-state index in [1.165, 1.54) is 0 Å². The second kappa shape index (κ2) is 10.8. The van der Waals surface area contributed by atoms with Crippen LogP contribution in [0, 0.1) is 0 Å². The van der Waals surface area contributed by atoms with E-state index < -0.39 is 7.51 Å². The van der Waals surface area contributed by atoms with Crippen molar-refractivity contribution in [3.05, 3.63) is 0 Å². The molecule has 0 unspecified atom stereocenters. The van der Waals surface area contributed by atoms with E-state index in [2.05, 4.69) is 62.5 Å². The Kier molecular flexibility index (Phi) is 10.8. The standard InChI is InChI=1S/C15H37N4P/c1-8-15-16-20(17(9-2)10-3,18(11-4)12-5)19(13-6)14-7/h8-15H2,1-7H3. The van der Waals surface area contributed by atoms with Crippen LogP contribution in [0.2, 0.25) is 0 Å². The van der Waals surface area contributed by atoms with E-state index in [9.17, 15) is 0 Å². The largest absolute Gasteiger partial charge is 0.261 e. The highest BCUT2D eigenvalue weighted by Crippen LogP contribution is 2.59. The molecule has 0 aromatic heterocycles. The molecule has 0 heterocycles. The van der Waals surface area contributed by atoms with Gasteiger partial charge in [0.25, 0.3) is 0 Å². The lowest BCUT2D eigenvalue weighted by Gasteiger charge is -2.48. The second-order valence-corrected chi connectivity index (χ2v) is 7.87. The van der Waals surface area contributed by atoms with Gasteiger partial charge in [0.1, 0.15) is 0 Å². The number of rotatable bonds is 11. The van der Waals surface area contributed by atoms with Gasteiger partial charge in [0.05, 0.1) is 0 Å². The summed E-state index contributed by atoms with van der Waals surface area (Å²) in [6.07, 6.45) is 1.13. The zero-order valence-electron chi connectivity index (χ0n) is 14.9. The molecule has 0 saturated carbocycles. The Morgan fingerprint density at radius 2 is 0.900 bits per heavy atom. The van der Waals surface area contributed by atoms with E-state index >= 15 is 0 Å². The van der Waals surface area contributed by atoms with Crippen LogP contribution in [0.5, 0.6) is 0 Å². The first-order chi connectivity index (χ1) is 9.62. The van der Waals surface area contributed by atoms with Gasteiger partial charge in [0.2, 0.25) is 0 Å². The van der Waals surface area contributed by atoms with Crippen LogP contribution in [0.4, 0.5) is 0 Å². The minimum Gasteiger partial charge on any atom is -0.261 e. The third-order valence-corrected chi connectivity index (χ3v) is 8.40. The van der Waals surface area contributed by atoms with Gasteiger partial charge >= 0.3 is 0 Å². The highest BCUT2D eigenvalue weighted by Gasteiger charge is 2.35. The molecule has 5 heteroatoms. The number of nitrogens with zero attached hydrogens (tertiary/aromatic N) is 4. The van der Waals surface area contributed by atoms with Crippen LogP contribution in [-0.2, 0) is 0 Å². The molecule has 0 bridgehead atoms. The minimum absolute atomic E-state index is 0.970. The Morgan fingerprint density at radius 1 is 0.600 bits per heavy atom. The maximum atomic E-state index is 5.29. The molecule has 0 spiro atoms. The fraction of sp³-hybridized carbons (Fsp3) is 1.00. The molecule has 0 aliphatic carbocycles. The van der Waals surface area contributed by atoms with E-state index in [-0.39, 0.29) is 0 Å². The molecule has 0 amide bonds. The maximum Gasteiger partial charge on any atom is 0.167 e. The van der Waals surface area contributed by atoms with Crippen molar-refractivity contribution in [2.24, 2.45) is 4.74 Å². The zero-order chi connectivity index (χ0) is 15.6. The Balaban J connectivity index is 5.99. The Bertz CT molecular complexity index is 244. The van der Waals surface area contributed by atoms with Gasteiger partial charge in [-0.25, -0.2) is 14.0 Å². The summed E-state index contributed by atoms with van der Waals surface area (Å²) >= 11 is 0. The molecule has 0 aromatic carbocycles. The third-order valence-electron chi connectivity index (χ3n) is 3.84. The third kappa shape index (κ3) is 4.30. The molecule has 0 aromatic rings. The molecule has 0 radical (unpaired) electrons. The highest BCUT2D eigenvalue weighted by molar-refractivity contribution is 7.59. The van der Waals surface area contributed by atoms with Crippen molar-refractivity contribution in [3.63, 3.8) is 0 Å². The van der Waals surface area contributed by atoms with Gasteiger partial charge in [-0.15, -0.1) is 0 Å². The van der Waals surface area contributed by atoms with E-state index in [0.717, 1.165) is 52.2 Å². The lowest BCUT2D eigenvalue weighted by atomic mass is 10.5. The molecule has 0 rings (SSSR count). The quantitative estimate of drug-likeness (QED) is 0.529. The summed E-state index contributed by atoms with van der Waals surface area (Å²) in [5, 5.41) is 0. The van der Waals surface area contributed by atoms with Crippen LogP contribution in [0.25, 0.3) is 0 Å². The topological polar surface area (TPSA) is 22.1 Å². The van der Waals surface area contributed by atoms with Crippen LogP contribution in [0.3, 0.4) is 0 Å². The summed E-state index contributed by atoms with van der Waals surface area (Å²) in [7, 11) is -1.72. The van der Waals surface area contributed by atoms with Crippen LogP contribution in [-0.4, -0.2) is 59.8 Å². The Hall–Kier alpha value is 0.110. The predicted octanol–water partition coefficient (Wildman–Crippen LogP) is 4.37. The lowest BCUT2D eigenvalue weighted by molar-refractivity contribution is 0.338. The summed E-state index contributed by atoms with van der Waals surface area (Å²) in [5.74, 6) is 0. The van der Waals surface area contributed by atoms with Crippen molar-refractivity contribution in [1.82, 2.24) is 14.0 Å². The molecular weight excluding hydrogens is 267 g/mol. The van der Waals surface area contributed by atoms with Gasteiger partial charge in [-0.2, -0.15) is 0 Å². The fourth-order valence-corrected chi connectivity index (χ4v) is 7.20. The van der Waals surface area contributed by atoms with E-state index in [0.29, 0.717) is 0 Å². The monoisotopic (exact) mass is 304 g/mol. The summed E-state index contributed by atoms with van der Waals surface area (Å²) < 4.78 is 13.1. The van der Waals surface area contributed by atoms with Gasteiger partial charge in [-0.05, 0) is 6.42 Å². The Labute approximate surface area is 127 Å². The summed E-state index contributed by atoms with van der Waals surface area (Å²) in [6, 6.07) is 0. The molecule has 0 N–H and O–H groups in total. The van der Waals surface area contributed by atoms with Crippen molar-refractivity contribution < 1.29 is 0 Å². The molecule has 0 aliphatic rings. The maximum absolute atomic E-state index is 5.29. The highest BCUT2D eigenvalue weighted by atomic mass is 31.2. The van der Waals surface area contributed by atoms with Gasteiger partial charge in [0, 0.05) is 45.8 Å². The first kappa shape index (κ1) is 20.1. The molecule has 0 fully saturated rings. The zero-order valence-corrected chi connectivity index (χ0v) is 15.8. The summed E-state index contributed by atoms with van der Waals surface area (Å²) in [6.45, 7) is 23.3. The molecule has 122 valence electrons. The van der Waals surface area contributed by atoms with Crippen molar-refractivity contribution in [1.29, 1.82) is 0 Å². The van der Waals surface area contributed by atoms with E-state index in [1.807, 2.05) is 0 Å². The van der Waals surface area contributed by atoms with Gasteiger partial charge in [0.15, 0.2) is 7.51 Å². The molecule has 0 atom stereocenters. The normalized spacial score (nSPS) is 12.7. The van der Waals surface area contributed by atoms with Crippen LogP contribution < -0.4 is 0 Å². The minimum atomic E-state index is -1.72. The molecule has 20 heavy (non-hydrogen) atoms. The molecular formula is C15H37N4P.